The highest BCUT2D eigenvalue weighted by molar-refractivity contribution is 5.56. The number of H-pyrrole nitrogens is 2. The summed E-state index contributed by atoms with van der Waals surface area (Å²) < 4.78 is 5.94. The highest BCUT2D eigenvalue weighted by Crippen LogP contribution is 2.25. The molecule has 11 heteroatoms. The van der Waals surface area contributed by atoms with Crippen LogP contribution in [0.1, 0.15) is 22.5 Å². The molecule has 212 valence electrons. The van der Waals surface area contributed by atoms with Gasteiger partial charge in [-0.15, -0.1) is 20.4 Å². The summed E-state index contributed by atoms with van der Waals surface area (Å²) in [5.41, 5.74) is 3.49. The van der Waals surface area contributed by atoms with Crippen LogP contribution in [0.4, 0.5) is 23.3 Å². The normalized spacial score (nSPS) is 10.7. The van der Waals surface area contributed by atoms with Crippen molar-refractivity contribution in [2.45, 2.75) is 12.8 Å². The molecule has 0 spiro atoms. The van der Waals surface area contributed by atoms with Crippen molar-refractivity contribution in [1.82, 2.24) is 30.4 Å². The second kappa shape index (κ2) is 12.6. The van der Waals surface area contributed by atoms with Crippen LogP contribution < -0.4 is 26.5 Å². The fourth-order valence-electron chi connectivity index (χ4n) is 4.27. The molecule has 0 radical (unpaired) electrons. The van der Waals surface area contributed by atoms with E-state index in [1.807, 2.05) is 60.7 Å². The summed E-state index contributed by atoms with van der Waals surface area (Å²) in [7, 11) is 0. The van der Waals surface area contributed by atoms with E-state index in [9.17, 15) is 9.59 Å². The topological polar surface area (TPSA) is 151 Å². The standard InChI is InChI=1S/C32H26N8O3/c41-29-27(19-21-7-3-1-4-8-21)37-39-31(35-29)33-23-11-15-25(16-12-23)43-26-17-13-24(14-18-26)34-32-36-30(42)28(38-40-32)20-22-9-5-2-6-10-22/h1-18H,19-20H2,(H2,33,35,39,41)(H2,34,36,40,42). The molecule has 0 saturated heterocycles. The van der Waals surface area contributed by atoms with Crippen LogP contribution in [0.5, 0.6) is 11.5 Å². The monoisotopic (exact) mass is 570 g/mol. The molecule has 6 aromatic rings. The highest BCUT2D eigenvalue weighted by atomic mass is 16.5. The van der Waals surface area contributed by atoms with Crippen molar-refractivity contribution in [3.05, 3.63) is 152 Å². The maximum atomic E-state index is 12.5. The molecular formula is C32H26N8O3. The van der Waals surface area contributed by atoms with Crippen LogP contribution in [-0.2, 0) is 12.8 Å². The SMILES string of the molecule is O=c1[nH]c(Nc2ccc(Oc3ccc(Nc4nnc(Cc5ccccc5)c(=O)[nH]4)cc3)cc2)nnc1Cc1ccccc1. The summed E-state index contributed by atoms with van der Waals surface area (Å²) >= 11 is 0. The number of aromatic amines is 2. The van der Waals surface area contributed by atoms with Crippen LogP contribution in [0, 0.1) is 0 Å². The predicted molar refractivity (Wildman–Crippen MR) is 163 cm³/mol. The van der Waals surface area contributed by atoms with Crippen LogP contribution in [0.25, 0.3) is 0 Å². The highest BCUT2D eigenvalue weighted by Gasteiger charge is 2.08. The minimum absolute atomic E-state index is 0.246. The summed E-state index contributed by atoms with van der Waals surface area (Å²) in [4.78, 5) is 30.4. The molecule has 0 atom stereocenters. The largest absolute Gasteiger partial charge is 0.457 e. The van der Waals surface area contributed by atoms with Gasteiger partial charge in [0.25, 0.3) is 11.1 Å². The Morgan fingerprint density at radius 1 is 0.512 bits per heavy atom. The second-order valence-electron chi connectivity index (χ2n) is 9.62. The van der Waals surface area contributed by atoms with Crippen LogP contribution in [0.15, 0.2) is 119 Å². The van der Waals surface area contributed by atoms with Crippen molar-refractivity contribution in [3.8, 4) is 11.5 Å². The Morgan fingerprint density at radius 2 is 0.907 bits per heavy atom. The molecule has 2 aromatic heterocycles. The maximum absolute atomic E-state index is 12.5. The molecule has 4 N–H and O–H groups in total. The van der Waals surface area contributed by atoms with Crippen LogP contribution in [-0.4, -0.2) is 30.4 Å². The zero-order valence-electron chi connectivity index (χ0n) is 22.8. The number of nitrogens with zero attached hydrogens (tertiary/aromatic N) is 4. The summed E-state index contributed by atoms with van der Waals surface area (Å²) in [6, 6.07) is 33.7. The summed E-state index contributed by atoms with van der Waals surface area (Å²) in [6.45, 7) is 0. The molecule has 0 saturated carbocycles. The Labute approximate surface area is 245 Å². The minimum Gasteiger partial charge on any atom is -0.457 e. The number of hydrogen-bond donors (Lipinski definition) is 4. The van der Waals surface area contributed by atoms with Gasteiger partial charge in [-0.25, -0.2) is 0 Å². The van der Waals surface area contributed by atoms with E-state index in [-0.39, 0.29) is 23.0 Å². The van der Waals surface area contributed by atoms with Crippen molar-refractivity contribution in [1.29, 1.82) is 0 Å². The van der Waals surface area contributed by atoms with E-state index in [1.165, 1.54) is 0 Å². The van der Waals surface area contributed by atoms with Crippen molar-refractivity contribution >= 4 is 23.3 Å². The third kappa shape index (κ3) is 7.16. The Morgan fingerprint density at radius 3 is 1.28 bits per heavy atom. The van der Waals surface area contributed by atoms with E-state index >= 15 is 0 Å². The zero-order valence-corrected chi connectivity index (χ0v) is 22.8. The fourth-order valence-corrected chi connectivity index (χ4v) is 4.27. The molecule has 0 aliphatic heterocycles. The fraction of sp³-hybridized carbons (Fsp3) is 0.0625. The lowest BCUT2D eigenvalue weighted by atomic mass is 10.1. The Kier molecular flexibility index (Phi) is 7.94. The first-order chi connectivity index (χ1) is 21.1. The first-order valence-electron chi connectivity index (χ1n) is 13.5. The second-order valence-corrected chi connectivity index (χ2v) is 9.62. The smallest absolute Gasteiger partial charge is 0.274 e. The molecule has 43 heavy (non-hydrogen) atoms. The first-order valence-corrected chi connectivity index (χ1v) is 13.5. The minimum atomic E-state index is -0.294. The maximum Gasteiger partial charge on any atom is 0.274 e. The average Bonchev–Trinajstić information content (AvgIpc) is 3.03. The molecule has 2 heterocycles. The Hall–Kier alpha value is -6.10. The molecule has 0 unspecified atom stereocenters. The molecule has 4 aromatic carbocycles. The summed E-state index contributed by atoms with van der Waals surface area (Å²) in [5.74, 6) is 1.73. The number of benzene rings is 4. The van der Waals surface area contributed by atoms with Crippen molar-refractivity contribution < 1.29 is 4.74 Å². The molecule has 0 bridgehead atoms. The van der Waals surface area contributed by atoms with Gasteiger partial charge in [0.2, 0.25) is 11.9 Å². The van der Waals surface area contributed by atoms with Gasteiger partial charge in [0.1, 0.15) is 22.9 Å². The molecular weight excluding hydrogens is 544 g/mol. The third-order valence-electron chi connectivity index (χ3n) is 6.43. The van der Waals surface area contributed by atoms with E-state index in [0.29, 0.717) is 47.1 Å². The van der Waals surface area contributed by atoms with Gasteiger partial charge in [-0.05, 0) is 59.7 Å². The Balaban J connectivity index is 1.03. The molecule has 0 fully saturated rings. The molecule has 0 aliphatic carbocycles. The van der Waals surface area contributed by atoms with Crippen molar-refractivity contribution in [3.63, 3.8) is 0 Å². The summed E-state index contributed by atoms with van der Waals surface area (Å²) in [6.07, 6.45) is 0.810. The quantitative estimate of drug-likeness (QED) is 0.176. The van der Waals surface area contributed by atoms with Gasteiger partial charge < -0.3 is 15.4 Å². The van der Waals surface area contributed by atoms with Gasteiger partial charge in [0.15, 0.2) is 0 Å². The molecule has 0 aliphatic rings. The molecule has 11 nitrogen and oxygen atoms in total. The predicted octanol–water partition coefficient (Wildman–Crippen LogP) is 5.10. The average molecular weight is 571 g/mol. The van der Waals surface area contributed by atoms with Crippen LogP contribution >= 0.6 is 0 Å². The van der Waals surface area contributed by atoms with Gasteiger partial charge in [-0.3, -0.25) is 19.6 Å². The van der Waals surface area contributed by atoms with E-state index in [4.69, 9.17) is 4.74 Å². The van der Waals surface area contributed by atoms with Crippen molar-refractivity contribution in [2.75, 3.05) is 10.6 Å². The summed E-state index contributed by atoms with van der Waals surface area (Å²) in [5, 5.41) is 22.5. The number of aromatic nitrogens is 6. The lowest BCUT2D eigenvalue weighted by molar-refractivity contribution is 0.483. The number of ether oxygens (including phenoxy) is 1. The van der Waals surface area contributed by atoms with Gasteiger partial charge in [0.05, 0.1) is 0 Å². The molecule has 6 rings (SSSR count). The zero-order chi connectivity index (χ0) is 29.4. The van der Waals surface area contributed by atoms with Gasteiger partial charge in [-0.2, -0.15) is 0 Å². The number of anilines is 4. The lowest BCUT2D eigenvalue weighted by Gasteiger charge is -2.10. The molecule has 0 amide bonds. The van der Waals surface area contributed by atoms with E-state index in [2.05, 4.69) is 41.0 Å². The lowest BCUT2D eigenvalue weighted by Crippen LogP contribution is -2.18. The van der Waals surface area contributed by atoms with Gasteiger partial charge in [0, 0.05) is 24.2 Å². The number of nitrogens with one attached hydrogen (secondary N) is 4. The van der Waals surface area contributed by atoms with E-state index < -0.39 is 0 Å². The van der Waals surface area contributed by atoms with Crippen LogP contribution in [0.3, 0.4) is 0 Å². The van der Waals surface area contributed by atoms with E-state index in [1.54, 1.807) is 48.5 Å². The first kappa shape index (κ1) is 27.1. The number of rotatable bonds is 10. The third-order valence-corrected chi connectivity index (χ3v) is 6.43. The van der Waals surface area contributed by atoms with Gasteiger partial charge in [-0.1, -0.05) is 60.7 Å². The Bertz CT molecular complexity index is 1780. The van der Waals surface area contributed by atoms with Crippen molar-refractivity contribution in [2.24, 2.45) is 0 Å². The van der Waals surface area contributed by atoms with Gasteiger partial charge >= 0.3 is 0 Å². The number of hydrogen-bond acceptors (Lipinski definition) is 9. The van der Waals surface area contributed by atoms with Crippen LogP contribution in [0.2, 0.25) is 0 Å². The van der Waals surface area contributed by atoms with E-state index in [0.717, 1.165) is 11.1 Å².